The van der Waals surface area contributed by atoms with Gasteiger partial charge in [-0.15, -0.1) is 0 Å². The smallest absolute Gasteiger partial charge is 0.438 e. The molecule has 1 heterocycles. The average Bonchev–Trinajstić information content (AvgIpc) is 2.97. The van der Waals surface area contributed by atoms with Crippen LogP contribution in [0.2, 0.25) is 0 Å². The second kappa shape index (κ2) is 7.27. The highest BCUT2D eigenvalue weighted by Crippen LogP contribution is 2.40. The SMILES string of the molecule is CC1=NN(C(=O)c2ccc(OCc3ccc(C)cc3)cc2)[C@](O)(C(F)(F)F)C1. The molecule has 2 aromatic carbocycles. The molecule has 0 aliphatic carbocycles. The Morgan fingerprint density at radius 3 is 2.32 bits per heavy atom. The van der Waals surface area contributed by atoms with Crippen molar-refractivity contribution in [1.82, 2.24) is 5.01 Å². The van der Waals surface area contributed by atoms with Crippen LogP contribution >= 0.6 is 0 Å². The van der Waals surface area contributed by atoms with Gasteiger partial charge in [-0.2, -0.15) is 23.3 Å². The van der Waals surface area contributed by atoms with Gasteiger partial charge in [-0.3, -0.25) is 4.79 Å². The molecule has 0 spiro atoms. The zero-order valence-electron chi connectivity index (χ0n) is 15.3. The Hall–Kier alpha value is -2.87. The van der Waals surface area contributed by atoms with Gasteiger partial charge in [-0.25, -0.2) is 0 Å². The number of benzene rings is 2. The lowest BCUT2D eigenvalue weighted by Crippen LogP contribution is -2.56. The molecule has 1 aliphatic rings. The number of halogens is 3. The maximum atomic E-state index is 13.3. The fourth-order valence-corrected chi connectivity index (χ4v) is 2.82. The van der Waals surface area contributed by atoms with Crippen molar-refractivity contribution in [3.8, 4) is 5.75 Å². The van der Waals surface area contributed by atoms with Crippen LogP contribution < -0.4 is 4.74 Å². The summed E-state index contributed by atoms with van der Waals surface area (Å²) in [6.45, 7) is 3.62. The Morgan fingerprint density at radius 1 is 1.14 bits per heavy atom. The van der Waals surface area contributed by atoms with E-state index in [1.54, 1.807) is 0 Å². The summed E-state index contributed by atoms with van der Waals surface area (Å²) in [7, 11) is 0. The van der Waals surface area contributed by atoms with Crippen molar-refractivity contribution in [2.75, 3.05) is 0 Å². The van der Waals surface area contributed by atoms with Crippen LogP contribution in [-0.4, -0.2) is 33.6 Å². The van der Waals surface area contributed by atoms with Gasteiger partial charge in [0.25, 0.3) is 11.6 Å². The minimum Gasteiger partial charge on any atom is -0.489 e. The lowest BCUT2D eigenvalue weighted by Gasteiger charge is -2.32. The first-order chi connectivity index (χ1) is 13.1. The topological polar surface area (TPSA) is 62.1 Å². The summed E-state index contributed by atoms with van der Waals surface area (Å²) in [5, 5.41) is 13.7. The van der Waals surface area contributed by atoms with Crippen LogP contribution in [0.1, 0.15) is 34.8 Å². The minimum atomic E-state index is -5.03. The van der Waals surface area contributed by atoms with Gasteiger partial charge >= 0.3 is 6.18 Å². The highest BCUT2D eigenvalue weighted by Gasteiger charge is 2.62. The van der Waals surface area contributed by atoms with Crippen molar-refractivity contribution >= 4 is 11.6 Å². The maximum Gasteiger partial charge on any atom is 0.438 e. The van der Waals surface area contributed by atoms with Gasteiger partial charge < -0.3 is 9.84 Å². The van der Waals surface area contributed by atoms with E-state index in [1.807, 2.05) is 31.2 Å². The molecule has 0 aromatic heterocycles. The van der Waals surface area contributed by atoms with E-state index in [2.05, 4.69) is 5.10 Å². The molecule has 0 unspecified atom stereocenters. The van der Waals surface area contributed by atoms with Gasteiger partial charge in [0.15, 0.2) is 0 Å². The molecule has 1 amide bonds. The van der Waals surface area contributed by atoms with Crippen LogP contribution in [-0.2, 0) is 6.61 Å². The molecule has 1 N–H and O–H groups in total. The molecule has 148 valence electrons. The lowest BCUT2D eigenvalue weighted by molar-refractivity contribution is -0.297. The summed E-state index contributed by atoms with van der Waals surface area (Å²) in [5.74, 6) is -0.578. The van der Waals surface area contributed by atoms with Crippen molar-refractivity contribution in [1.29, 1.82) is 0 Å². The van der Waals surface area contributed by atoms with Crippen LogP contribution in [0.4, 0.5) is 13.2 Å². The van der Waals surface area contributed by atoms with Gasteiger partial charge in [-0.1, -0.05) is 29.8 Å². The fraction of sp³-hybridized carbons (Fsp3) is 0.300. The first-order valence-corrected chi connectivity index (χ1v) is 8.56. The van der Waals surface area contributed by atoms with E-state index in [9.17, 15) is 23.1 Å². The molecule has 0 bridgehead atoms. The van der Waals surface area contributed by atoms with Gasteiger partial charge in [0.2, 0.25) is 0 Å². The highest BCUT2D eigenvalue weighted by atomic mass is 19.4. The zero-order chi connectivity index (χ0) is 20.5. The maximum absolute atomic E-state index is 13.3. The van der Waals surface area contributed by atoms with E-state index in [4.69, 9.17) is 4.74 Å². The number of carbonyl (C=O) groups is 1. The van der Waals surface area contributed by atoms with Crippen LogP contribution in [0.5, 0.6) is 5.75 Å². The molecule has 28 heavy (non-hydrogen) atoms. The summed E-state index contributed by atoms with van der Waals surface area (Å²) < 4.78 is 45.4. The predicted octanol–water partition coefficient (Wildman–Crippen LogP) is 4.05. The largest absolute Gasteiger partial charge is 0.489 e. The lowest BCUT2D eigenvalue weighted by atomic mass is 10.1. The number of aryl methyl sites for hydroxylation is 1. The van der Waals surface area contributed by atoms with Crippen molar-refractivity contribution in [2.45, 2.75) is 38.8 Å². The molecule has 5 nitrogen and oxygen atoms in total. The number of hydrazone groups is 1. The van der Waals surface area contributed by atoms with E-state index in [0.29, 0.717) is 12.4 Å². The van der Waals surface area contributed by atoms with Crippen LogP contribution in [0.15, 0.2) is 53.6 Å². The van der Waals surface area contributed by atoms with Crippen LogP contribution in [0.3, 0.4) is 0 Å². The minimum absolute atomic E-state index is 0.0197. The van der Waals surface area contributed by atoms with Crippen molar-refractivity contribution in [2.24, 2.45) is 5.10 Å². The Kier molecular flexibility index (Phi) is 5.16. The van der Waals surface area contributed by atoms with E-state index in [1.165, 1.54) is 31.2 Å². The average molecular weight is 392 g/mol. The van der Waals surface area contributed by atoms with Crippen molar-refractivity contribution < 1.29 is 27.8 Å². The summed E-state index contributed by atoms with van der Waals surface area (Å²) in [4.78, 5) is 12.5. The van der Waals surface area contributed by atoms with Crippen LogP contribution in [0.25, 0.3) is 0 Å². The Labute approximate surface area is 160 Å². The highest BCUT2D eigenvalue weighted by molar-refractivity contribution is 5.98. The number of hydrogen-bond acceptors (Lipinski definition) is 4. The van der Waals surface area contributed by atoms with Crippen molar-refractivity contribution in [3.05, 3.63) is 65.2 Å². The zero-order valence-corrected chi connectivity index (χ0v) is 15.3. The van der Waals surface area contributed by atoms with Gasteiger partial charge in [0.05, 0.1) is 0 Å². The first-order valence-electron chi connectivity index (χ1n) is 8.56. The third kappa shape index (κ3) is 3.87. The molecular weight excluding hydrogens is 373 g/mol. The van der Waals surface area contributed by atoms with E-state index in [0.717, 1.165) is 11.1 Å². The summed E-state index contributed by atoms with van der Waals surface area (Å²) in [6.07, 6.45) is -5.80. The number of amides is 1. The number of ether oxygens (including phenoxy) is 1. The van der Waals surface area contributed by atoms with Gasteiger partial charge in [-0.05, 0) is 43.7 Å². The molecule has 8 heteroatoms. The number of hydrogen-bond donors (Lipinski definition) is 1. The van der Waals surface area contributed by atoms with Gasteiger partial charge in [0.1, 0.15) is 12.4 Å². The first kappa shape index (κ1) is 19.9. The monoisotopic (exact) mass is 392 g/mol. The molecule has 0 saturated heterocycles. The fourth-order valence-electron chi connectivity index (χ4n) is 2.82. The van der Waals surface area contributed by atoms with E-state index >= 15 is 0 Å². The quantitative estimate of drug-likeness (QED) is 0.854. The molecule has 1 aliphatic heterocycles. The second-order valence-corrected chi connectivity index (χ2v) is 6.74. The molecule has 0 fully saturated rings. The van der Waals surface area contributed by atoms with Crippen LogP contribution in [0, 0.1) is 6.92 Å². The predicted molar refractivity (Wildman–Crippen MR) is 96.9 cm³/mol. The number of aliphatic hydroxyl groups is 1. The van der Waals surface area contributed by atoms with E-state index < -0.39 is 24.2 Å². The molecule has 0 radical (unpaired) electrons. The summed E-state index contributed by atoms with van der Waals surface area (Å²) in [6, 6.07) is 13.4. The molecule has 2 aromatic rings. The van der Waals surface area contributed by atoms with Gasteiger partial charge in [0, 0.05) is 17.7 Å². The summed E-state index contributed by atoms with van der Waals surface area (Å²) >= 11 is 0. The molecule has 3 rings (SSSR count). The Balaban J connectivity index is 1.72. The third-order valence-corrected chi connectivity index (χ3v) is 4.40. The van der Waals surface area contributed by atoms with Crippen molar-refractivity contribution in [3.63, 3.8) is 0 Å². The standard InChI is InChI=1S/C20H19F3N2O3/c1-13-3-5-15(6-4-13)12-28-17-9-7-16(8-10-17)18(26)25-19(27,20(21,22)23)11-14(2)24-25/h3-10,27H,11-12H2,1-2H3/t19-/m1/s1. The molecule has 1 atom stereocenters. The Morgan fingerprint density at radius 2 is 1.75 bits per heavy atom. The second-order valence-electron chi connectivity index (χ2n) is 6.74. The number of nitrogens with zero attached hydrogens (tertiary/aromatic N) is 2. The number of alkyl halides is 3. The Bertz CT molecular complexity index is 892. The normalized spacial score (nSPS) is 19.5. The van der Waals surface area contributed by atoms with E-state index in [-0.39, 0.29) is 16.3 Å². The third-order valence-electron chi connectivity index (χ3n) is 4.40. The molecule has 0 saturated carbocycles. The molecular formula is C20H19F3N2O3. The summed E-state index contributed by atoms with van der Waals surface area (Å²) in [5.41, 5.74) is -1.27. The number of rotatable bonds is 4. The number of carbonyl (C=O) groups excluding carboxylic acids is 1.